The Morgan fingerprint density at radius 3 is 2.33 bits per heavy atom. The molecule has 0 aliphatic carbocycles. The van der Waals surface area contributed by atoms with E-state index in [4.69, 9.17) is 19.0 Å². The Balaban J connectivity index is 3.26. The average Bonchev–Trinajstić information content (AvgIpc) is 2.64. The monoisotopic (exact) mass is 315 g/mol. The van der Waals surface area contributed by atoms with Gasteiger partial charge < -0.3 is 13.5 Å². The molecule has 1 aromatic rings. The van der Waals surface area contributed by atoms with E-state index in [9.17, 15) is 9.36 Å². The maximum atomic E-state index is 12.6. The second-order valence-corrected chi connectivity index (χ2v) is 6.22. The van der Waals surface area contributed by atoms with Gasteiger partial charge in [-0.3, -0.25) is 9.36 Å². The first-order chi connectivity index (χ1) is 9.88. The van der Waals surface area contributed by atoms with Crippen molar-refractivity contribution in [2.75, 3.05) is 13.2 Å². The van der Waals surface area contributed by atoms with Gasteiger partial charge in [-0.1, -0.05) is 0 Å². The number of hydrogen-bond donors (Lipinski definition) is 0. The molecule has 1 heterocycles. The second kappa shape index (κ2) is 7.43. The van der Waals surface area contributed by atoms with Crippen molar-refractivity contribution in [2.45, 2.75) is 33.9 Å². The zero-order valence-corrected chi connectivity index (χ0v) is 13.3. The largest absolute Gasteiger partial charge is 0.466 e. The highest BCUT2D eigenvalue weighted by atomic mass is 31.2. The van der Waals surface area contributed by atoms with Crippen LogP contribution in [0.1, 0.15) is 41.3 Å². The van der Waals surface area contributed by atoms with Crippen LogP contribution in [0.4, 0.5) is 0 Å². The molecule has 0 spiro atoms. The van der Waals surface area contributed by atoms with Crippen molar-refractivity contribution in [2.24, 2.45) is 5.11 Å². The maximum absolute atomic E-state index is 12.6. The molecule has 0 aliphatic rings. The van der Waals surface area contributed by atoms with Crippen LogP contribution < -0.4 is 0 Å². The van der Waals surface area contributed by atoms with Gasteiger partial charge in [-0.15, -0.1) is 0 Å². The number of aryl methyl sites for hydroxylation is 2. The van der Waals surface area contributed by atoms with E-state index in [1.807, 2.05) is 0 Å². The zero-order chi connectivity index (χ0) is 16.0. The number of nitrogens with zero attached hydrogens (tertiary/aromatic N) is 3. The molecule has 21 heavy (non-hydrogen) atoms. The molecule has 0 unspecified atom stereocenters. The second-order valence-electron chi connectivity index (χ2n) is 4.17. The summed E-state index contributed by atoms with van der Waals surface area (Å²) < 4.78 is 28.4. The molecule has 0 saturated carbocycles. The number of carbonyl (C=O) groups excluding carboxylic acids is 1. The lowest BCUT2D eigenvalue weighted by Crippen LogP contribution is -2.04. The molecule has 0 atom stereocenters. The number of azide groups is 1. The van der Waals surface area contributed by atoms with Gasteiger partial charge in [-0.2, -0.15) is 0 Å². The van der Waals surface area contributed by atoms with Crippen LogP contribution in [-0.2, 0) is 19.8 Å². The van der Waals surface area contributed by atoms with E-state index >= 15 is 0 Å². The number of rotatable bonds is 7. The van der Waals surface area contributed by atoms with Crippen molar-refractivity contribution in [3.05, 3.63) is 33.1 Å². The van der Waals surface area contributed by atoms with E-state index in [2.05, 4.69) is 10.0 Å². The minimum absolute atomic E-state index is 0.111. The Labute approximate surface area is 122 Å². The molecule has 0 radical (unpaired) electrons. The summed E-state index contributed by atoms with van der Waals surface area (Å²) in [5.74, 6) is -0.0514. The Bertz CT molecular complexity index is 609. The number of amides is 1. The Morgan fingerprint density at radius 1 is 1.29 bits per heavy atom. The third-order valence-electron chi connectivity index (χ3n) is 2.74. The molecule has 0 aliphatic heterocycles. The maximum Gasteiger partial charge on any atom is 0.335 e. The third-order valence-corrected chi connectivity index (χ3v) is 4.74. The molecule has 8 nitrogen and oxygen atoms in total. The van der Waals surface area contributed by atoms with E-state index in [-0.39, 0.29) is 24.9 Å². The SMILES string of the molecule is CCOP(=O)(Cc1c(C)oc(C)c1C(=O)N=[N+]=[N-])OCC. The van der Waals surface area contributed by atoms with Crippen LogP contribution in [0, 0.1) is 13.8 Å². The predicted octanol–water partition coefficient (Wildman–Crippen LogP) is 4.11. The summed E-state index contributed by atoms with van der Waals surface area (Å²) >= 11 is 0. The minimum Gasteiger partial charge on any atom is -0.466 e. The van der Waals surface area contributed by atoms with Gasteiger partial charge in [0.1, 0.15) is 11.5 Å². The van der Waals surface area contributed by atoms with Crippen molar-refractivity contribution >= 4 is 13.5 Å². The first-order valence-corrected chi connectivity index (χ1v) is 8.17. The summed E-state index contributed by atoms with van der Waals surface area (Å²) in [6.45, 7) is 7.04. The molecule has 0 bridgehead atoms. The lowest BCUT2D eigenvalue weighted by molar-refractivity contribution is 0.0998. The molecule has 116 valence electrons. The van der Waals surface area contributed by atoms with Gasteiger partial charge in [-0.25, -0.2) is 0 Å². The molecule has 1 rings (SSSR count). The van der Waals surface area contributed by atoms with Crippen molar-refractivity contribution in [3.8, 4) is 0 Å². The van der Waals surface area contributed by atoms with E-state index in [0.717, 1.165) is 0 Å². The quantitative estimate of drug-likeness (QED) is 0.325. The van der Waals surface area contributed by atoms with E-state index in [1.54, 1.807) is 27.7 Å². The van der Waals surface area contributed by atoms with Gasteiger partial charge in [0.05, 0.1) is 24.9 Å². The van der Waals surface area contributed by atoms with Crippen molar-refractivity contribution in [1.29, 1.82) is 0 Å². The standard InChI is InChI=1S/C12H18N3O5P/c1-5-18-21(17,19-6-2)7-10-8(3)20-9(4)11(10)12(16)14-15-13/h5-7H2,1-4H3. The van der Waals surface area contributed by atoms with Gasteiger partial charge in [-0.05, 0) is 38.3 Å². The highest BCUT2D eigenvalue weighted by molar-refractivity contribution is 7.53. The predicted molar refractivity (Wildman–Crippen MR) is 76.2 cm³/mol. The minimum atomic E-state index is -3.39. The topological polar surface area (TPSA) is 114 Å². The molecule has 9 heteroatoms. The van der Waals surface area contributed by atoms with Crippen LogP contribution in [0.25, 0.3) is 10.4 Å². The number of carbonyl (C=O) groups is 1. The first-order valence-electron chi connectivity index (χ1n) is 6.45. The van der Waals surface area contributed by atoms with E-state index in [1.165, 1.54) is 0 Å². The first kappa shape index (κ1) is 17.5. The van der Waals surface area contributed by atoms with Crippen LogP contribution in [0.5, 0.6) is 0 Å². The van der Waals surface area contributed by atoms with E-state index < -0.39 is 13.5 Å². The molecule has 0 N–H and O–H groups in total. The lowest BCUT2D eigenvalue weighted by atomic mass is 10.1. The van der Waals surface area contributed by atoms with Gasteiger partial charge in [0.25, 0.3) is 5.91 Å². The molecule has 0 aromatic carbocycles. The lowest BCUT2D eigenvalue weighted by Gasteiger charge is -2.17. The molecule has 1 aromatic heterocycles. The molecule has 1 amide bonds. The molecule has 0 fully saturated rings. The number of furan rings is 1. The fraction of sp³-hybridized carbons (Fsp3) is 0.583. The Morgan fingerprint density at radius 2 is 1.86 bits per heavy atom. The zero-order valence-electron chi connectivity index (χ0n) is 12.5. The van der Waals surface area contributed by atoms with Crippen molar-refractivity contribution < 1.29 is 22.8 Å². The summed E-state index contributed by atoms with van der Waals surface area (Å²) in [4.78, 5) is 14.3. The normalized spacial score (nSPS) is 11.2. The number of hydrogen-bond acceptors (Lipinski definition) is 5. The molecular formula is C12H18N3O5P. The van der Waals surface area contributed by atoms with Crippen LogP contribution in [-0.4, -0.2) is 19.1 Å². The third kappa shape index (κ3) is 4.19. The van der Waals surface area contributed by atoms with Gasteiger partial charge >= 0.3 is 7.60 Å². The highest BCUT2D eigenvalue weighted by Gasteiger charge is 2.30. The molecular weight excluding hydrogens is 297 g/mol. The fourth-order valence-corrected chi connectivity index (χ4v) is 3.82. The Hall–Kier alpha value is -1.59. The summed E-state index contributed by atoms with van der Waals surface area (Å²) in [7, 11) is -3.39. The average molecular weight is 315 g/mol. The summed E-state index contributed by atoms with van der Waals surface area (Å²) in [6.07, 6.45) is -0.111. The van der Waals surface area contributed by atoms with Crippen LogP contribution >= 0.6 is 7.60 Å². The fourth-order valence-electron chi connectivity index (χ4n) is 2.01. The van der Waals surface area contributed by atoms with Crippen molar-refractivity contribution in [1.82, 2.24) is 0 Å². The van der Waals surface area contributed by atoms with Gasteiger partial charge in [0.2, 0.25) is 0 Å². The highest BCUT2D eigenvalue weighted by Crippen LogP contribution is 2.52. The summed E-state index contributed by atoms with van der Waals surface area (Å²) in [5.41, 5.74) is 8.89. The van der Waals surface area contributed by atoms with Crippen molar-refractivity contribution in [3.63, 3.8) is 0 Å². The van der Waals surface area contributed by atoms with Gasteiger partial charge in [0.15, 0.2) is 0 Å². The van der Waals surface area contributed by atoms with Crippen LogP contribution in [0.3, 0.4) is 0 Å². The summed E-state index contributed by atoms with van der Waals surface area (Å²) in [5, 5.41) is 3.06. The molecule has 0 saturated heterocycles. The summed E-state index contributed by atoms with van der Waals surface area (Å²) in [6, 6.07) is 0. The Kier molecular flexibility index (Phi) is 6.18. The van der Waals surface area contributed by atoms with Gasteiger partial charge in [0, 0.05) is 10.5 Å². The van der Waals surface area contributed by atoms with Crippen LogP contribution in [0.15, 0.2) is 9.53 Å². The van der Waals surface area contributed by atoms with E-state index in [0.29, 0.717) is 17.1 Å². The smallest absolute Gasteiger partial charge is 0.335 e. The van der Waals surface area contributed by atoms with Crippen LogP contribution in [0.2, 0.25) is 0 Å².